The number of carbonyl (C=O) groups excluding carboxylic acids is 1. The van der Waals surface area contributed by atoms with E-state index in [-0.39, 0.29) is 11.6 Å². The average molecular weight is 901 g/mol. The Hall–Kier alpha value is -5.24. The fraction of sp³-hybridized carbons (Fsp3) is 0.256. The van der Waals surface area contributed by atoms with Crippen molar-refractivity contribution in [2.45, 2.75) is 32.2 Å². The number of rotatable bonds is 15. The maximum atomic E-state index is 13.5. The van der Waals surface area contributed by atoms with E-state index in [2.05, 4.69) is 66.5 Å². The van der Waals surface area contributed by atoms with Crippen LogP contribution in [-0.4, -0.2) is 83.1 Å². The van der Waals surface area contributed by atoms with Gasteiger partial charge in [0.1, 0.15) is 17.9 Å². The number of carboxylic acids is 1. The number of fused-ring (bicyclic) bond motifs is 3. The lowest BCUT2D eigenvalue weighted by atomic mass is 9.94. The zero-order valence-electron chi connectivity index (χ0n) is 30.3. The van der Waals surface area contributed by atoms with Gasteiger partial charge in [-0.3, -0.25) is 13.2 Å². The van der Waals surface area contributed by atoms with Crippen LogP contribution < -0.4 is 20.3 Å². The van der Waals surface area contributed by atoms with Crippen LogP contribution in [0.5, 0.6) is 5.75 Å². The highest BCUT2D eigenvalue weighted by molar-refractivity contribution is 14.1. The molecule has 1 aliphatic rings. The molecule has 0 spiro atoms. The van der Waals surface area contributed by atoms with Crippen LogP contribution in [0.2, 0.25) is 0 Å². The lowest BCUT2D eigenvalue weighted by Crippen LogP contribution is -2.32. The molecule has 0 saturated heterocycles. The summed E-state index contributed by atoms with van der Waals surface area (Å²) in [5.41, 5.74) is 5.03. The average Bonchev–Trinajstić information content (AvgIpc) is 3.95. The molecule has 5 heterocycles. The number of anilines is 3. The van der Waals surface area contributed by atoms with Gasteiger partial charge in [-0.1, -0.05) is 35.6 Å². The van der Waals surface area contributed by atoms with Crippen LogP contribution in [0.4, 0.5) is 16.1 Å². The second kappa shape index (κ2) is 16.9. The highest BCUT2D eigenvalue weighted by Gasteiger charge is 2.27. The summed E-state index contributed by atoms with van der Waals surface area (Å²) < 4.78 is 11.0. The molecule has 14 nitrogen and oxygen atoms in total. The zero-order chi connectivity index (χ0) is 38.6. The van der Waals surface area contributed by atoms with Crippen LogP contribution in [-0.2, 0) is 19.4 Å². The lowest BCUT2D eigenvalue weighted by Gasteiger charge is -2.29. The molecule has 0 fully saturated rings. The van der Waals surface area contributed by atoms with Crippen molar-refractivity contribution in [3.05, 3.63) is 107 Å². The van der Waals surface area contributed by atoms with E-state index in [0.717, 1.165) is 57.7 Å². The summed E-state index contributed by atoms with van der Waals surface area (Å²) in [6.45, 7) is 3.27. The number of benzene rings is 3. The Kier molecular flexibility index (Phi) is 11.3. The van der Waals surface area contributed by atoms with Crippen LogP contribution in [0.3, 0.4) is 0 Å². The van der Waals surface area contributed by atoms with Crippen LogP contribution in [0.25, 0.3) is 26.9 Å². The molecule has 1 amide bonds. The number of hydrogen-bond donors (Lipinski definition) is 3. The molecule has 7 aromatic rings. The van der Waals surface area contributed by atoms with Crippen molar-refractivity contribution in [1.82, 2.24) is 32.8 Å². The van der Waals surface area contributed by atoms with E-state index in [0.29, 0.717) is 71.1 Å². The van der Waals surface area contributed by atoms with Crippen LogP contribution in [0, 0.1) is 0 Å². The van der Waals surface area contributed by atoms with Crippen molar-refractivity contribution >= 4 is 94.7 Å². The Morgan fingerprint density at radius 3 is 2.70 bits per heavy atom. The Balaban J connectivity index is 0.882. The fourth-order valence-corrected chi connectivity index (χ4v) is 8.96. The van der Waals surface area contributed by atoms with E-state index in [1.165, 1.54) is 22.7 Å². The van der Waals surface area contributed by atoms with Crippen molar-refractivity contribution in [1.29, 1.82) is 0 Å². The molecule has 0 radical (unpaired) electrons. The maximum Gasteiger partial charge on any atom is 0.355 e. The van der Waals surface area contributed by atoms with E-state index in [1.807, 2.05) is 73.8 Å². The first-order valence-electron chi connectivity index (χ1n) is 18.1. The molecule has 0 aliphatic carbocycles. The normalized spacial score (nSPS) is 12.7. The molecule has 4 aromatic heterocycles. The molecule has 0 bridgehead atoms. The van der Waals surface area contributed by atoms with Crippen molar-refractivity contribution in [2.75, 3.05) is 48.8 Å². The quantitative estimate of drug-likeness (QED) is 0.0529. The van der Waals surface area contributed by atoms with Crippen molar-refractivity contribution in [2.24, 2.45) is 0 Å². The molecule has 3 N–H and O–H groups in total. The molecule has 8 rings (SSSR count). The highest BCUT2D eigenvalue weighted by atomic mass is 127. The predicted molar refractivity (Wildman–Crippen MR) is 228 cm³/mol. The summed E-state index contributed by atoms with van der Waals surface area (Å²) in [4.78, 5) is 46.6. The topological polar surface area (TPSA) is 164 Å². The first-order chi connectivity index (χ1) is 27.3. The number of nitrogens with zero attached hydrogens (tertiary/aromatic N) is 8. The van der Waals surface area contributed by atoms with Crippen molar-refractivity contribution in [3.63, 3.8) is 0 Å². The molecule has 17 heteroatoms. The largest absolute Gasteiger partial charge is 0.494 e. The SMILES string of the molecule is CN(I)CCCNc1ncnc2c1cnn2-c1ccc(OCCCc2sc(N3CCc4cccc(C(=O)Nc5nc6ccccc6s5)c4C3)nc2C(=O)O)cc1. The molecule has 0 atom stereocenters. The molecule has 3 aromatic carbocycles. The van der Waals surface area contributed by atoms with E-state index in [9.17, 15) is 14.7 Å². The van der Waals surface area contributed by atoms with Gasteiger partial charge in [0.2, 0.25) is 0 Å². The fourth-order valence-electron chi connectivity index (χ4n) is 6.64. The minimum absolute atomic E-state index is 0.0591. The van der Waals surface area contributed by atoms with Gasteiger partial charge >= 0.3 is 5.97 Å². The van der Waals surface area contributed by atoms with E-state index in [1.54, 1.807) is 17.2 Å². The third kappa shape index (κ3) is 8.30. The van der Waals surface area contributed by atoms with Crippen LogP contribution >= 0.6 is 45.5 Å². The molecular weight excluding hydrogens is 864 g/mol. The number of nitrogens with one attached hydrogen (secondary N) is 2. The number of carbonyl (C=O) groups is 2. The summed E-state index contributed by atoms with van der Waals surface area (Å²) in [6, 6.07) is 21.2. The summed E-state index contributed by atoms with van der Waals surface area (Å²) >= 11 is 5.10. The first-order valence-corrected chi connectivity index (χ1v) is 20.7. The second-order valence-electron chi connectivity index (χ2n) is 13.2. The Labute approximate surface area is 344 Å². The minimum atomic E-state index is -1.06. The Bertz CT molecular complexity index is 2490. The lowest BCUT2D eigenvalue weighted by molar-refractivity contribution is 0.0690. The van der Waals surface area contributed by atoms with Crippen molar-refractivity contribution in [3.8, 4) is 11.4 Å². The van der Waals surface area contributed by atoms with Gasteiger partial charge in [-0.05, 0) is 86.3 Å². The van der Waals surface area contributed by atoms with Gasteiger partial charge in [-0.2, -0.15) is 5.10 Å². The summed E-state index contributed by atoms with van der Waals surface area (Å²) in [5.74, 6) is 0.172. The van der Waals surface area contributed by atoms with Gasteiger partial charge in [-0.15, -0.1) is 11.3 Å². The predicted octanol–water partition coefficient (Wildman–Crippen LogP) is 7.49. The third-order valence-electron chi connectivity index (χ3n) is 9.39. The molecule has 56 heavy (non-hydrogen) atoms. The molecule has 0 unspecified atom stereocenters. The van der Waals surface area contributed by atoms with E-state index >= 15 is 0 Å². The molecule has 0 saturated carbocycles. The van der Waals surface area contributed by atoms with Gasteiger partial charge in [-0.25, -0.2) is 29.4 Å². The number of thiazole rings is 2. The molecule has 286 valence electrons. The van der Waals surface area contributed by atoms with Gasteiger partial charge in [0.15, 0.2) is 21.6 Å². The van der Waals surface area contributed by atoms with Gasteiger partial charge in [0.05, 0.1) is 34.1 Å². The number of hydrogen-bond acceptors (Lipinski definition) is 13. The maximum absolute atomic E-state index is 13.5. The second-order valence-corrected chi connectivity index (χ2v) is 16.9. The van der Waals surface area contributed by atoms with Gasteiger partial charge in [0.25, 0.3) is 5.91 Å². The number of aryl methyl sites for hydroxylation is 1. The number of aromatic carboxylic acids is 1. The monoisotopic (exact) mass is 900 g/mol. The summed E-state index contributed by atoms with van der Waals surface area (Å²) in [6.07, 6.45) is 6.12. The van der Waals surface area contributed by atoms with Crippen LogP contribution in [0.1, 0.15) is 49.7 Å². The number of carboxylic acid groups (broad SMARTS) is 1. The number of ether oxygens (including phenoxy) is 1. The number of halogens is 1. The number of amides is 1. The third-order valence-corrected chi connectivity index (χ3v) is 12.0. The molecular formula is C39H37IN10O4S2. The molecule has 1 aliphatic heterocycles. The van der Waals surface area contributed by atoms with E-state index < -0.39 is 5.97 Å². The smallest absolute Gasteiger partial charge is 0.355 e. The Morgan fingerprint density at radius 1 is 1.02 bits per heavy atom. The first kappa shape index (κ1) is 37.7. The summed E-state index contributed by atoms with van der Waals surface area (Å²) in [7, 11) is 2.04. The van der Waals surface area contributed by atoms with Gasteiger partial charge in [0, 0.05) is 59.5 Å². The Morgan fingerprint density at radius 2 is 1.88 bits per heavy atom. The standard InChI is InChI=1S/C39H37IN10O4S2/c1-48(40)18-6-17-41-34-28-21-44-50(35(28)43-23-42-34)25-12-14-26(15-13-25)54-20-5-11-32-33(37(52)53)46-39(56-32)49-19-16-24-7-4-8-27(29(24)22-49)36(51)47-38-45-30-9-2-3-10-31(30)55-38/h2-4,7-10,12-15,21,23H,5-6,11,16-20,22H2,1H3,(H,52,53)(H,41,42,43)(H,45,47,51). The van der Waals surface area contributed by atoms with Crippen LogP contribution in [0.15, 0.2) is 79.3 Å². The van der Waals surface area contributed by atoms with E-state index in [4.69, 9.17) is 4.74 Å². The highest BCUT2D eigenvalue weighted by Crippen LogP contribution is 2.34. The zero-order valence-corrected chi connectivity index (χ0v) is 34.1. The van der Waals surface area contributed by atoms with Gasteiger partial charge < -0.3 is 20.1 Å². The number of para-hydroxylation sites is 1. The minimum Gasteiger partial charge on any atom is -0.494 e. The number of aromatic nitrogens is 6. The summed E-state index contributed by atoms with van der Waals surface area (Å²) in [5, 5.41) is 23.0. The van der Waals surface area contributed by atoms with Crippen molar-refractivity contribution < 1.29 is 19.4 Å².